The van der Waals surface area contributed by atoms with E-state index in [4.69, 9.17) is 11.6 Å². The van der Waals surface area contributed by atoms with Gasteiger partial charge >= 0.3 is 0 Å². The Bertz CT molecular complexity index is 604. The van der Waals surface area contributed by atoms with Gasteiger partial charge in [-0.25, -0.2) is 0 Å². The van der Waals surface area contributed by atoms with Crippen LogP contribution in [0.3, 0.4) is 0 Å². The topological polar surface area (TPSA) is 67.2 Å². The highest BCUT2D eigenvalue weighted by Gasteiger charge is 2.43. The number of carbonyl (C=O) groups excluding carboxylic acids is 1. The predicted octanol–water partition coefficient (Wildman–Crippen LogP) is 0.525. The number of piperidine rings is 1. The first kappa shape index (κ1) is 18.6. The maximum absolute atomic E-state index is 12.6. The summed E-state index contributed by atoms with van der Waals surface area (Å²) in [4.78, 5) is 18.6. The largest absolute Gasteiger partial charge is 0.388 e. The zero-order valence-electron chi connectivity index (χ0n) is 14.6. The molecule has 0 aliphatic carbocycles. The van der Waals surface area contributed by atoms with E-state index in [-0.39, 0.29) is 12.5 Å². The van der Waals surface area contributed by atoms with Crippen molar-refractivity contribution in [2.75, 3.05) is 52.9 Å². The van der Waals surface area contributed by atoms with E-state index in [2.05, 4.69) is 16.8 Å². The zero-order chi connectivity index (χ0) is 18.0. The van der Waals surface area contributed by atoms with Gasteiger partial charge in [0.15, 0.2) is 0 Å². The Morgan fingerprint density at radius 3 is 2.44 bits per heavy atom. The number of amides is 1. The molecule has 138 valence electrons. The standard InChI is InChI=1S/C18H26ClN3O3/c1-20-8-10-21(11-9-20)13-18(25)6-7-22(12-16(18)23)17(24)14-2-4-15(19)5-3-14/h2-5,16,23,25H,6-13H2,1H3/t16-,18-/m0/s1. The smallest absolute Gasteiger partial charge is 0.253 e. The number of hydrogen-bond donors (Lipinski definition) is 2. The van der Waals surface area contributed by atoms with E-state index in [9.17, 15) is 15.0 Å². The van der Waals surface area contributed by atoms with Crippen LogP contribution in [-0.4, -0.2) is 95.4 Å². The summed E-state index contributed by atoms with van der Waals surface area (Å²) in [6.07, 6.45) is -0.572. The molecule has 2 heterocycles. The van der Waals surface area contributed by atoms with E-state index in [1.165, 1.54) is 0 Å². The fraction of sp³-hybridized carbons (Fsp3) is 0.611. The quantitative estimate of drug-likeness (QED) is 0.815. The number of nitrogens with zero attached hydrogens (tertiary/aromatic N) is 3. The summed E-state index contributed by atoms with van der Waals surface area (Å²) in [7, 11) is 2.09. The van der Waals surface area contributed by atoms with Crippen molar-refractivity contribution in [2.24, 2.45) is 0 Å². The van der Waals surface area contributed by atoms with Crippen LogP contribution in [0, 0.1) is 0 Å². The van der Waals surface area contributed by atoms with Crippen LogP contribution in [0.4, 0.5) is 0 Å². The van der Waals surface area contributed by atoms with Crippen molar-refractivity contribution in [3.05, 3.63) is 34.9 Å². The number of benzene rings is 1. The lowest BCUT2D eigenvalue weighted by molar-refractivity contribution is -0.128. The van der Waals surface area contributed by atoms with Crippen molar-refractivity contribution in [3.63, 3.8) is 0 Å². The van der Waals surface area contributed by atoms with Crippen molar-refractivity contribution in [2.45, 2.75) is 18.1 Å². The third-order valence-electron chi connectivity index (χ3n) is 5.30. The molecular formula is C18H26ClN3O3. The van der Waals surface area contributed by atoms with E-state index in [1.807, 2.05) is 0 Å². The molecule has 1 amide bonds. The Kier molecular flexibility index (Phi) is 5.65. The minimum Gasteiger partial charge on any atom is -0.388 e. The molecule has 0 spiro atoms. The number of halogens is 1. The van der Waals surface area contributed by atoms with Crippen LogP contribution in [0.5, 0.6) is 0 Å². The molecule has 1 aromatic carbocycles. The van der Waals surface area contributed by atoms with Gasteiger partial charge in [-0.15, -0.1) is 0 Å². The number of likely N-dealkylation sites (N-methyl/N-ethyl adjacent to an activating group) is 1. The van der Waals surface area contributed by atoms with Gasteiger partial charge in [-0.05, 0) is 37.7 Å². The third-order valence-corrected chi connectivity index (χ3v) is 5.55. The lowest BCUT2D eigenvalue weighted by Gasteiger charge is -2.45. The lowest BCUT2D eigenvalue weighted by atomic mass is 9.87. The first-order valence-corrected chi connectivity index (χ1v) is 9.11. The molecule has 2 N–H and O–H groups in total. The van der Waals surface area contributed by atoms with Gasteiger partial charge in [0.2, 0.25) is 0 Å². The van der Waals surface area contributed by atoms with Crippen LogP contribution in [-0.2, 0) is 0 Å². The molecule has 2 aliphatic heterocycles. The fourth-order valence-electron chi connectivity index (χ4n) is 3.50. The first-order chi connectivity index (χ1) is 11.9. The van der Waals surface area contributed by atoms with Crippen molar-refractivity contribution in [3.8, 4) is 0 Å². The van der Waals surface area contributed by atoms with Crippen molar-refractivity contribution < 1.29 is 15.0 Å². The summed E-state index contributed by atoms with van der Waals surface area (Å²) in [6, 6.07) is 6.72. The average Bonchev–Trinajstić information content (AvgIpc) is 2.60. The maximum Gasteiger partial charge on any atom is 0.253 e. The van der Waals surface area contributed by atoms with Gasteiger partial charge in [-0.3, -0.25) is 9.69 Å². The van der Waals surface area contributed by atoms with Gasteiger partial charge in [0.1, 0.15) is 11.7 Å². The van der Waals surface area contributed by atoms with Gasteiger partial charge in [0.05, 0.1) is 0 Å². The van der Waals surface area contributed by atoms with E-state index < -0.39 is 11.7 Å². The zero-order valence-corrected chi connectivity index (χ0v) is 15.3. The minimum atomic E-state index is -1.16. The van der Waals surface area contributed by atoms with Crippen LogP contribution >= 0.6 is 11.6 Å². The molecule has 0 saturated carbocycles. The van der Waals surface area contributed by atoms with Crippen LogP contribution in [0.25, 0.3) is 0 Å². The maximum atomic E-state index is 12.6. The fourth-order valence-corrected chi connectivity index (χ4v) is 3.63. The van der Waals surface area contributed by atoms with Crippen molar-refractivity contribution in [1.29, 1.82) is 0 Å². The Labute approximate surface area is 153 Å². The average molecular weight is 368 g/mol. The van der Waals surface area contributed by atoms with E-state index in [1.54, 1.807) is 29.2 Å². The van der Waals surface area contributed by atoms with Gasteiger partial charge in [0, 0.05) is 56.4 Å². The molecule has 7 heteroatoms. The molecule has 2 atom stereocenters. The lowest BCUT2D eigenvalue weighted by Crippen LogP contribution is -2.62. The highest BCUT2D eigenvalue weighted by atomic mass is 35.5. The number of aliphatic hydroxyl groups excluding tert-OH is 1. The van der Waals surface area contributed by atoms with Crippen LogP contribution in [0.2, 0.25) is 5.02 Å². The summed E-state index contributed by atoms with van der Waals surface area (Å²) < 4.78 is 0. The number of β-amino-alcohol motifs (C(OH)–C–C–N with tert-alkyl or cyclic N) is 2. The number of likely N-dealkylation sites (tertiary alicyclic amines) is 1. The molecular weight excluding hydrogens is 342 g/mol. The third kappa shape index (κ3) is 4.33. The van der Waals surface area contributed by atoms with E-state index in [0.717, 1.165) is 26.2 Å². The summed E-state index contributed by atoms with van der Waals surface area (Å²) in [5, 5.41) is 22.0. The molecule has 0 radical (unpaired) electrons. The van der Waals surface area contributed by atoms with Gasteiger partial charge < -0.3 is 20.0 Å². The van der Waals surface area contributed by atoms with Gasteiger partial charge in [-0.2, -0.15) is 0 Å². The summed E-state index contributed by atoms with van der Waals surface area (Å²) in [5.74, 6) is -0.141. The number of rotatable bonds is 3. The normalized spacial score (nSPS) is 29.0. The Morgan fingerprint density at radius 2 is 1.84 bits per heavy atom. The van der Waals surface area contributed by atoms with Crippen molar-refractivity contribution >= 4 is 17.5 Å². The summed E-state index contributed by atoms with van der Waals surface area (Å²) in [6.45, 7) is 4.73. The predicted molar refractivity (Wildman–Crippen MR) is 96.9 cm³/mol. The molecule has 2 aliphatic rings. The second kappa shape index (κ2) is 7.60. The second-order valence-electron chi connectivity index (χ2n) is 7.21. The molecule has 1 aromatic rings. The molecule has 25 heavy (non-hydrogen) atoms. The molecule has 0 bridgehead atoms. The second-order valence-corrected chi connectivity index (χ2v) is 7.64. The number of hydrogen-bond acceptors (Lipinski definition) is 5. The Morgan fingerprint density at radius 1 is 1.20 bits per heavy atom. The minimum absolute atomic E-state index is 0.141. The number of piperazine rings is 1. The summed E-state index contributed by atoms with van der Waals surface area (Å²) >= 11 is 5.86. The summed E-state index contributed by atoms with van der Waals surface area (Å²) in [5.41, 5.74) is -0.617. The van der Waals surface area contributed by atoms with Gasteiger partial charge in [-0.1, -0.05) is 11.6 Å². The Balaban J connectivity index is 1.59. The van der Waals surface area contributed by atoms with Crippen LogP contribution < -0.4 is 0 Å². The Hall–Kier alpha value is -1.18. The molecule has 0 aromatic heterocycles. The van der Waals surface area contributed by atoms with E-state index >= 15 is 0 Å². The van der Waals surface area contributed by atoms with Crippen molar-refractivity contribution in [1.82, 2.24) is 14.7 Å². The number of aliphatic hydroxyl groups is 2. The molecule has 0 unspecified atom stereocenters. The first-order valence-electron chi connectivity index (χ1n) is 8.73. The highest BCUT2D eigenvalue weighted by molar-refractivity contribution is 6.30. The van der Waals surface area contributed by atoms with Crippen LogP contribution in [0.15, 0.2) is 24.3 Å². The van der Waals surface area contributed by atoms with E-state index in [0.29, 0.717) is 30.1 Å². The molecule has 2 fully saturated rings. The van der Waals surface area contributed by atoms with Crippen LogP contribution in [0.1, 0.15) is 16.8 Å². The van der Waals surface area contributed by atoms with Gasteiger partial charge in [0.25, 0.3) is 5.91 Å². The molecule has 3 rings (SSSR count). The highest BCUT2D eigenvalue weighted by Crippen LogP contribution is 2.26. The monoisotopic (exact) mass is 367 g/mol. The molecule has 6 nitrogen and oxygen atoms in total. The SMILES string of the molecule is CN1CCN(C[C@@]2(O)CCN(C(=O)c3ccc(Cl)cc3)C[C@@H]2O)CC1. The number of carbonyl (C=O) groups is 1. The molecule has 2 saturated heterocycles.